The Labute approximate surface area is 111 Å². The van der Waals surface area contributed by atoms with Crippen LogP contribution in [0.25, 0.3) is 0 Å². The van der Waals surface area contributed by atoms with Crippen molar-refractivity contribution < 1.29 is 9.53 Å². The van der Waals surface area contributed by atoms with Crippen molar-refractivity contribution in [2.24, 2.45) is 0 Å². The monoisotopic (exact) mass is 260 g/mol. The minimum absolute atomic E-state index is 0.0719. The molecule has 0 saturated carbocycles. The van der Waals surface area contributed by atoms with Crippen LogP contribution in [0.1, 0.15) is 16.8 Å². The van der Waals surface area contributed by atoms with Gasteiger partial charge in [-0.05, 0) is 12.1 Å². The molecule has 0 fully saturated rings. The fourth-order valence-electron chi connectivity index (χ4n) is 1.58. The van der Waals surface area contributed by atoms with Gasteiger partial charge < -0.3 is 4.74 Å². The average Bonchev–Trinajstić information content (AvgIpc) is 2.42. The highest BCUT2D eigenvalue weighted by Gasteiger charge is 2.06. The van der Waals surface area contributed by atoms with E-state index in [-0.39, 0.29) is 5.78 Å². The zero-order chi connectivity index (χ0) is 12.8. The Kier molecular flexibility index (Phi) is 4.37. The molecule has 0 amide bonds. The number of hydrogen-bond donors (Lipinski definition) is 0. The molecule has 0 aliphatic carbocycles. The standard InChI is InChI=1S/C15H13ClO2/c16-13-8-4-5-9-15(13)18-11-10-14(17)12-6-2-1-3-7-12/h1-9H,10-11H2. The molecule has 18 heavy (non-hydrogen) atoms. The second kappa shape index (κ2) is 6.22. The van der Waals surface area contributed by atoms with Crippen molar-refractivity contribution in [1.29, 1.82) is 0 Å². The van der Waals surface area contributed by atoms with E-state index >= 15 is 0 Å². The van der Waals surface area contributed by atoms with Gasteiger partial charge in [-0.2, -0.15) is 0 Å². The van der Waals surface area contributed by atoms with Crippen LogP contribution >= 0.6 is 11.6 Å². The molecule has 0 radical (unpaired) electrons. The highest BCUT2D eigenvalue weighted by Crippen LogP contribution is 2.23. The van der Waals surface area contributed by atoms with E-state index in [9.17, 15) is 4.79 Å². The van der Waals surface area contributed by atoms with Crippen LogP contribution in [0.3, 0.4) is 0 Å². The van der Waals surface area contributed by atoms with Crippen LogP contribution in [0.2, 0.25) is 5.02 Å². The normalized spacial score (nSPS) is 10.1. The Morgan fingerprint density at radius 2 is 1.67 bits per heavy atom. The molecule has 2 nitrogen and oxygen atoms in total. The number of halogens is 1. The van der Waals surface area contributed by atoms with Crippen LogP contribution in [-0.2, 0) is 0 Å². The van der Waals surface area contributed by atoms with Gasteiger partial charge in [-0.15, -0.1) is 0 Å². The van der Waals surface area contributed by atoms with E-state index in [0.29, 0.717) is 29.4 Å². The van der Waals surface area contributed by atoms with Crippen LogP contribution in [0.4, 0.5) is 0 Å². The summed E-state index contributed by atoms with van der Waals surface area (Å²) in [7, 11) is 0. The smallest absolute Gasteiger partial charge is 0.166 e. The Bertz CT molecular complexity index is 523. The largest absolute Gasteiger partial charge is 0.492 e. The fraction of sp³-hybridized carbons (Fsp3) is 0.133. The molecular formula is C15H13ClO2. The summed E-state index contributed by atoms with van der Waals surface area (Å²) in [6.45, 7) is 0.331. The second-order valence-corrected chi connectivity index (χ2v) is 4.23. The highest BCUT2D eigenvalue weighted by atomic mass is 35.5. The van der Waals surface area contributed by atoms with Gasteiger partial charge in [-0.25, -0.2) is 0 Å². The molecule has 92 valence electrons. The first-order chi connectivity index (χ1) is 8.77. The van der Waals surface area contributed by atoms with E-state index in [4.69, 9.17) is 16.3 Å². The molecule has 0 saturated heterocycles. The molecular weight excluding hydrogens is 248 g/mol. The number of hydrogen-bond acceptors (Lipinski definition) is 2. The Morgan fingerprint density at radius 3 is 2.39 bits per heavy atom. The lowest BCUT2D eigenvalue weighted by Gasteiger charge is -2.07. The number of Topliss-reactive ketones (excluding diaryl/α,β-unsaturated/α-hetero) is 1. The first-order valence-electron chi connectivity index (χ1n) is 5.73. The highest BCUT2D eigenvalue weighted by molar-refractivity contribution is 6.32. The van der Waals surface area contributed by atoms with Crippen LogP contribution < -0.4 is 4.74 Å². The topological polar surface area (TPSA) is 26.3 Å². The summed E-state index contributed by atoms with van der Waals surface area (Å²) in [5.74, 6) is 0.683. The molecule has 0 atom stereocenters. The van der Waals surface area contributed by atoms with E-state index in [1.165, 1.54) is 0 Å². The van der Waals surface area contributed by atoms with Crippen molar-refractivity contribution >= 4 is 17.4 Å². The van der Waals surface area contributed by atoms with Crippen molar-refractivity contribution in [3.63, 3.8) is 0 Å². The lowest BCUT2D eigenvalue weighted by atomic mass is 10.1. The third-order valence-corrected chi connectivity index (χ3v) is 2.83. The summed E-state index contributed by atoms with van der Waals surface area (Å²) in [5, 5.41) is 0.560. The SMILES string of the molecule is O=C(CCOc1ccccc1Cl)c1ccccc1. The van der Waals surface area contributed by atoms with Crippen molar-refractivity contribution in [1.82, 2.24) is 0 Å². The molecule has 0 N–H and O–H groups in total. The van der Waals surface area contributed by atoms with Gasteiger partial charge in [-0.1, -0.05) is 54.1 Å². The van der Waals surface area contributed by atoms with Crippen molar-refractivity contribution in [2.75, 3.05) is 6.61 Å². The Balaban J connectivity index is 1.86. The summed E-state index contributed by atoms with van der Waals surface area (Å²) in [6, 6.07) is 16.4. The van der Waals surface area contributed by atoms with E-state index in [1.54, 1.807) is 24.3 Å². The number of ether oxygens (including phenoxy) is 1. The van der Waals surface area contributed by atoms with E-state index < -0.39 is 0 Å². The molecule has 0 aliphatic heterocycles. The van der Waals surface area contributed by atoms with Crippen LogP contribution in [-0.4, -0.2) is 12.4 Å². The lowest BCUT2D eigenvalue weighted by Crippen LogP contribution is -2.06. The van der Waals surface area contributed by atoms with E-state index in [1.807, 2.05) is 30.3 Å². The maximum Gasteiger partial charge on any atom is 0.166 e. The minimum atomic E-state index is 0.0719. The van der Waals surface area contributed by atoms with Gasteiger partial charge >= 0.3 is 0 Å². The molecule has 0 bridgehead atoms. The van der Waals surface area contributed by atoms with Gasteiger partial charge in [0.25, 0.3) is 0 Å². The maximum absolute atomic E-state index is 11.8. The summed E-state index contributed by atoms with van der Waals surface area (Å²) in [6.07, 6.45) is 0.342. The lowest BCUT2D eigenvalue weighted by molar-refractivity contribution is 0.0962. The number of rotatable bonds is 5. The maximum atomic E-state index is 11.8. The molecule has 0 spiro atoms. The molecule has 0 aromatic heterocycles. The summed E-state index contributed by atoms with van der Waals surface area (Å²) in [5.41, 5.74) is 0.709. The zero-order valence-electron chi connectivity index (χ0n) is 9.80. The van der Waals surface area contributed by atoms with E-state index in [2.05, 4.69) is 0 Å². The first kappa shape index (κ1) is 12.7. The molecule has 2 rings (SSSR count). The Hall–Kier alpha value is -1.80. The number of carbonyl (C=O) groups excluding carboxylic acids is 1. The Morgan fingerprint density at radius 1 is 1.00 bits per heavy atom. The fourth-order valence-corrected chi connectivity index (χ4v) is 1.77. The van der Waals surface area contributed by atoms with Gasteiger partial charge in [-0.3, -0.25) is 4.79 Å². The van der Waals surface area contributed by atoms with Gasteiger partial charge in [0.2, 0.25) is 0 Å². The summed E-state index contributed by atoms with van der Waals surface area (Å²) < 4.78 is 5.48. The summed E-state index contributed by atoms with van der Waals surface area (Å²) >= 11 is 5.95. The molecule has 0 unspecified atom stereocenters. The second-order valence-electron chi connectivity index (χ2n) is 3.82. The third kappa shape index (κ3) is 3.34. The predicted octanol–water partition coefficient (Wildman–Crippen LogP) is 3.99. The molecule has 0 heterocycles. The zero-order valence-corrected chi connectivity index (χ0v) is 10.6. The average molecular weight is 261 g/mol. The van der Waals surface area contributed by atoms with Gasteiger partial charge in [0.05, 0.1) is 11.6 Å². The number of para-hydroxylation sites is 1. The van der Waals surface area contributed by atoms with Crippen LogP contribution in [0, 0.1) is 0 Å². The molecule has 2 aromatic rings. The van der Waals surface area contributed by atoms with Crippen LogP contribution in [0.15, 0.2) is 54.6 Å². The number of benzene rings is 2. The van der Waals surface area contributed by atoms with Crippen molar-refractivity contribution in [3.05, 3.63) is 65.2 Å². The summed E-state index contributed by atoms with van der Waals surface area (Å²) in [4.78, 5) is 11.8. The molecule has 2 aromatic carbocycles. The number of carbonyl (C=O) groups is 1. The quantitative estimate of drug-likeness (QED) is 0.760. The molecule has 0 aliphatic rings. The van der Waals surface area contributed by atoms with Gasteiger partial charge in [0.1, 0.15) is 5.75 Å². The number of ketones is 1. The third-order valence-electron chi connectivity index (χ3n) is 2.52. The minimum Gasteiger partial charge on any atom is -0.492 e. The van der Waals surface area contributed by atoms with Gasteiger partial charge in [0.15, 0.2) is 5.78 Å². The van der Waals surface area contributed by atoms with Crippen molar-refractivity contribution in [3.8, 4) is 5.75 Å². The predicted molar refractivity (Wildman–Crippen MR) is 72.3 cm³/mol. The van der Waals surface area contributed by atoms with Crippen molar-refractivity contribution in [2.45, 2.75) is 6.42 Å². The van der Waals surface area contributed by atoms with Gasteiger partial charge in [0, 0.05) is 12.0 Å². The molecule has 3 heteroatoms. The first-order valence-corrected chi connectivity index (χ1v) is 6.11. The van der Waals surface area contributed by atoms with Crippen LogP contribution in [0.5, 0.6) is 5.75 Å². The van der Waals surface area contributed by atoms with E-state index in [0.717, 1.165) is 0 Å².